The van der Waals surface area contributed by atoms with Gasteiger partial charge in [0.2, 0.25) is 0 Å². The number of benzene rings is 6. The Bertz CT molecular complexity index is 2760. The van der Waals surface area contributed by atoms with Gasteiger partial charge in [0, 0.05) is 51.8 Å². The molecule has 4 heteroatoms. The summed E-state index contributed by atoms with van der Waals surface area (Å²) in [5, 5.41) is 8.34. The fourth-order valence-corrected chi connectivity index (χ4v) is 7.98. The third-order valence-corrected chi connectivity index (χ3v) is 10.4. The van der Waals surface area contributed by atoms with Gasteiger partial charge in [0.1, 0.15) is 0 Å². The molecule has 4 nitrogen and oxygen atoms in total. The van der Waals surface area contributed by atoms with Crippen LogP contribution in [0.15, 0.2) is 149 Å². The molecule has 0 unspecified atom stereocenters. The standard InChI is InChI=1S/C45H32N4/c1-27-14-19-39(37-21-23-46-40-26-32-11-5-6-12-34(32)41(37)40)48-45(49-43(27)33-16-15-28-8-2-3-9-30(28)24-33)38-25-31-10-4-7-13-35(31)42-36(38)18-17-29-20-22-47-44(29)42/h2-13,15-18,20-25,47H,14,19,26H2,1H3/b43-27+,48-39+,49-45-. The van der Waals surface area contributed by atoms with Crippen LogP contribution in [0.5, 0.6) is 0 Å². The third-order valence-electron chi connectivity index (χ3n) is 10.4. The van der Waals surface area contributed by atoms with Crippen LogP contribution in [0.4, 0.5) is 0 Å². The lowest BCUT2D eigenvalue weighted by Gasteiger charge is -2.19. The Morgan fingerprint density at radius 3 is 2.37 bits per heavy atom. The van der Waals surface area contributed by atoms with E-state index in [1.807, 2.05) is 12.4 Å². The molecule has 1 aliphatic heterocycles. The molecule has 49 heavy (non-hydrogen) atoms. The number of pyridine rings is 1. The number of allylic oxidation sites excluding steroid dienone is 1. The topological polar surface area (TPSA) is 53.4 Å². The van der Waals surface area contributed by atoms with Gasteiger partial charge in [-0.1, -0.05) is 97.1 Å². The maximum atomic E-state index is 5.62. The van der Waals surface area contributed by atoms with E-state index in [0.717, 1.165) is 69.8 Å². The maximum absolute atomic E-state index is 5.62. The van der Waals surface area contributed by atoms with Crippen molar-refractivity contribution in [2.24, 2.45) is 9.98 Å². The number of aromatic nitrogens is 2. The molecule has 2 aromatic heterocycles. The molecule has 0 atom stereocenters. The number of hydrogen-bond donors (Lipinski definition) is 1. The quantitative estimate of drug-likeness (QED) is 0.195. The summed E-state index contributed by atoms with van der Waals surface area (Å²) < 4.78 is 0. The van der Waals surface area contributed by atoms with Crippen molar-refractivity contribution in [3.8, 4) is 11.1 Å². The molecular weight excluding hydrogens is 597 g/mol. The van der Waals surface area contributed by atoms with Crippen LogP contribution in [-0.2, 0) is 6.42 Å². The number of aliphatic imine (C=N–C) groups is 2. The maximum Gasteiger partial charge on any atom is 0.160 e. The largest absolute Gasteiger partial charge is 0.361 e. The molecule has 232 valence electrons. The molecule has 3 heterocycles. The van der Waals surface area contributed by atoms with E-state index in [1.54, 1.807) is 0 Å². The van der Waals surface area contributed by atoms with Gasteiger partial charge in [0.15, 0.2) is 5.84 Å². The predicted molar refractivity (Wildman–Crippen MR) is 205 cm³/mol. The highest BCUT2D eigenvalue weighted by Crippen LogP contribution is 2.40. The van der Waals surface area contributed by atoms with E-state index < -0.39 is 0 Å². The van der Waals surface area contributed by atoms with Crippen molar-refractivity contribution < 1.29 is 0 Å². The highest BCUT2D eigenvalue weighted by atomic mass is 14.9. The molecule has 0 saturated carbocycles. The lowest BCUT2D eigenvalue weighted by atomic mass is 9.92. The van der Waals surface area contributed by atoms with Gasteiger partial charge >= 0.3 is 0 Å². The van der Waals surface area contributed by atoms with Crippen LogP contribution in [0.2, 0.25) is 0 Å². The second-order valence-electron chi connectivity index (χ2n) is 13.3. The second kappa shape index (κ2) is 11.0. The van der Waals surface area contributed by atoms with E-state index in [1.165, 1.54) is 54.6 Å². The second-order valence-corrected chi connectivity index (χ2v) is 13.3. The first-order chi connectivity index (χ1) is 24.2. The minimum Gasteiger partial charge on any atom is -0.361 e. The number of nitrogens with one attached hydrogen (secondary N) is 1. The molecule has 0 bridgehead atoms. The van der Waals surface area contributed by atoms with Crippen LogP contribution in [-0.4, -0.2) is 21.5 Å². The van der Waals surface area contributed by atoms with Crippen molar-refractivity contribution in [3.63, 3.8) is 0 Å². The minimum atomic E-state index is 0.732. The number of fused-ring (bicyclic) bond motifs is 9. The van der Waals surface area contributed by atoms with Gasteiger partial charge in [-0.15, -0.1) is 0 Å². The fraction of sp³-hybridized carbons (Fsp3) is 0.0889. The zero-order valence-corrected chi connectivity index (χ0v) is 27.2. The summed E-state index contributed by atoms with van der Waals surface area (Å²) in [6.07, 6.45) is 6.49. The summed E-state index contributed by atoms with van der Waals surface area (Å²) in [4.78, 5) is 19.6. The van der Waals surface area contributed by atoms with Crippen molar-refractivity contribution in [2.75, 3.05) is 0 Å². The number of rotatable bonds is 3. The average molecular weight is 629 g/mol. The first-order valence-electron chi connectivity index (χ1n) is 17.0. The van der Waals surface area contributed by atoms with Crippen molar-refractivity contribution in [1.82, 2.24) is 9.97 Å². The molecule has 0 fully saturated rings. The third kappa shape index (κ3) is 4.48. The van der Waals surface area contributed by atoms with Gasteiger partial charge in [0.05, 0.1) is 22.6 Å². The van der Waals surface area contributed by atoms with Crippen LogP contribution in [0.3, 0.4) is 0 Å². The summed E-state index contributed by atoms with van der Waals surface area (Å²) in [5.41, 5.74) is 12.7. The van der Waals surface area contributed by atoms with E-state index in [4.69, 9.17) is 15.0 Å². The molecule has 8 aromatic rings. The van der Waals surface area contributed by atoms with Crippen LogP contribution < -0.4 is 0 Å². The van der Waals surface area contributed by atoms with E-state index in [-0.39, 0.29) is 0 Å². The summed E-state index contributed by atoms with van der Waals surface area (Å²) in [5.74, 6) is 0.732. The van der Waals surface area contributed by atoms with Gasteiger partial charge in [-0.05, 0) is 87.7 Å². The average Bonchev–Trinajstić information content (AvgIpc) is 3.78. The smallest absolute Gasteiger partial charge is 0.160 e. The molecular formula is C45H32N4. The van der Waals surface area contributed by atoms with E-state index >= 15 is 0 Å². The number of nitrogens with zero attached hydrogens (tertiary/aromatic N) is 3. The normalized spacial score (nSPS) is 18.1. The van der Waals surface area contributed by atoms with Gasteiger partial charge in [-0.25, -0.2) is 9.98 Å². The monoisotopic (exact) mass is 628 g/mol. The number of H-pyrrole nitrogens is 1. The molecule has 0 spiro atoms. The van der Waals surface area contributed by atoms with Gasteiger partial charge in [-0.3, -0.25) is 4.98 Å². The first-order valence-corrected chi connectivity index (χ1v) is 17.0. The van der Waals surface area contributed by atoms with E-state index in [2.05, 4.69) is 133 Å². The summed E-state index contributed by atoms with van der Waals surface area (Å²) in [6.45, 7) is 2.24. The lowest BCUT2D eigenvalue weighted by molar-refractivity contribution is 1.00. The zero-order chi connectivity index (χ0) is 32.5. The molecule has 6 aromatic carbocycles. The Kier molecular flexibility index (Phi) is 6.25. The summed E-state index contributed by atoms with van der Waals surface area (Å²) in [6, 6.07) is 43.6. The fourth-order valence-electron chi connectivity index (χ4n) is 7.98. The van der Waals surface area contributed by atoms with Crippen molar-refractivity contribution in [1.29, 1.82) is 0 Å². The molecule has 10 rings (SSSR count). The predicted octanol–water partition coefficient (Wildman–Crippen LogP) is 11.1. The van der Waals surface area contributed by atoms with Crippen molar-refractivity contribution in [3.05, 3.63) is 167 Å². The van der Waals surface area contributed by atoms with Crippen LogP contribution in [0, 0.1) is 0 Å². The molecule has 1 aliphatic carbocycles. The van der Waals surface area contributed by atoms with Crippen molar-refractivity contribution in [2.45, 2.75) is 26.2 Å². The highest BCUT2D eigenvalue weighted by molar-refractivity contribution is 6.27. The Labute approximate surface area is 284 Å². The highest BCUT2D eigenvalue weighted by Gasteiger charge is 2.26. The number of aromatic amines is 1. The van der Waals surface area contributed by atoms with Crippen LogP contribution in [0.1, 0.15) is 47.7 Å². The Balaban J connectivity index is 1.27. The molecule has 0 saturated heterocycles. The van der Waals surface area contributed by atoms with Crippen LogP contribution in [0.25, 0.3) is 60.0 Å². The van der Waals surface area contributed by atoms with Gasteiger partial charge in [-0.2, -0.15) is 0 Å². The van der Waals surface area contributed by atoms with Gasteiger partial charge in [0.25, 0.3) is 0 Å². The van der Waals surface area contributed by atoms with E-state index in [9.17, 15) is 0 Å². The summed E-state index contributed by atoms with van der Waals surface area (Å²) in [7, 11) is 0. The Hall–Kier alpha value is -6.13. The Morgan fingerprint density at radius 1 is 0.612 bits per heavy atom. The van der Waals surface area contributed by atoms with Crippen LogP contribution >= 0.6 is 0 Å². The lowest BCUT2D eigenvalue weighted by Crippen LogP contribution is -2.12. The zero-order valence-electron chi connectivity index (χ0n) is 27.2. The van der Waals surface area contributed by atoms with Gasteiger partial charge < -0.3 is 4.98 Å². The molecule has 2 aliphatic rings. The van der Waals surface area contributed by atoms with Crippen molar-refractivity contribution >= 4 is 60.5 Å². The molecule has 0 amide bonds. The molecule has 1 N–H and O–H groups in total. The number of amidine groups is 1. The Morgan fingerprint density at radius 2 is 1.43 bits per heavy atom. The minimum absolute atomic E-state index is 0.732. The first kappa shape index (κ1) is 27.9. The SMILES string of the molecule is C\C1=C(c2ccc3ccccc3c2)/N=C(c2cc3ccccc3c3c2ccc2cc[nH]c23)\N=C(\c2ccnc3c2-c2ccccc2C3)CC1. The number of hydrogen-bond acceptors (Lipinski definition) is 3. The van der Waals surface area contributed by atoms with E-state index in [0.29, 0.717) is 0 Å². The summed E-state index contributed by atoms with van der Waals surface area (Å²) >= 11 is 0. The molecule has 0 radical (unpaired) electrons.